The van der Waals surface area contributed by atoms with Crippen LogP contribution in [-0.4, -0.2) is 0 Å². The van der Waals surface area contributed by atoms with Crippen LogP contribution in [0.4, 0.5) is 0 Å². The molecule has 0 aliphatic rings. The van der Waals surface area contributed by atoms with Gasteiger partial charge in [-0.05, 0) is 37.8 Å². The van der Waals surface area contributed by atoms with E-state index in [9.17, 15) is 0 Å². The molecule has 0 aromatic heterocycles. The summed E-state index contributed by atoms with van der Waals surface area (Å²) in [4.78, 5) is 0. The van der Waals surface area contributed by atoms with Crippen molar-refractivity contribution < 1.29 is 0 Å². The van der Waals surface area contributed by atoms with E-state index in [1.54, 1.807) is 0 Å². The van der Waals surface area contributed by atoms with E-state index in [0.29, 0.717) is 0 Å². The SMILES string of the molecule is C#CCCCC(N)c1cc(C)ccc1C. The Kier molecular flexibility index (Phi) is 4.39. The summed E-state index contributed by atoms with van der Waals surface area (Å²) < 4.78 is 0. The number of rotatable bonds is 4. The van der Waals surface area contributed by atoms with E-state index in [-0.39, 0.29) is 6.04 Å². The van der Waals surface area contributed by atoms with Crippen molar-refractivity contribution >= 4 is 0 Å². The van der Waals surface area contributed by atoms with Gasteiger partial charge in [0.05, 0.1) is 0 Å². The van der Waals surface area contributed by atoms with E-state index in [1.807, 2.05) is 0 Å². The summed E-state index contributed by atoms with van der Waals surface area (Å²) in [5, 5.41) is 0. The van der Waals surface area contributed by atoms with Gasteiger partial charge in [-0.2, -0.15) is 0 Å². The molecule has 80 valence electrons. The molecule has 1 aromatic rings. The van der Waals surface area contributed by atoms with Crippen LogP contribution in [0, 0.1) is 26.2 Å². The largest absolute Gasteiger partial charge is 0.324 e. The van der Waals surface area contributed by atoms with Crippen molar-refractivity contribution in [1.29, 1.82) is 0 Å². The van der Waals surface area contributed by atoms with E-state index in [0.717, 1.165) is 19.3 Å². The molecule has 0 heterocycles. The fraction of sp³-hybridized carbons (Fsp3) is 0.429. The zero-order valence-corrected chi connectivity index (χ0v) is 9.59. The second-order valence-corrected chi connectivity index (χ2v) is 4.06. The minimum Gasteiger partial charge on any atom is -0.324 e. The quantitative estimate of drug-likeness (QED) is 0.588. The highest BCUT2D eigenvalue weighted by molar-refractivity contribution is 5.32. The third kappa shape index (κ3) is 3.42. The lowest BCUT2D eigenvalue weighted by Crippen LogP contribution is -2.11. The van der Waals surface area contributed by atoms with Gasteiger partial charge in [0, 0.05) is 12.5 Å². The maximum Gasteiger partial charge on any atom is 0.0297 e. The molecule has 1 nitrogen and oxygen atoms in total. The first kappa shape index (κ1) is 11.8. The Hall–Kier alpha value is -1.26. The molecule has 1 heteroatoms. The van der Waals surface area contributed by atoms with Gasteiger partial charge in [-0.15, -0.1) is 12.3 Å². The molecule has 0 aliphatic heterocycles. The average molecular weight is 201 g/mol. The van der Waals surface area contributed by atoms with Gasteiger partial charge in [-0.3, -0.25) is 0 Å². The minimum atomic E-state index is 0.123. The molecule has 0 spiro atoms. The Morgan fingerprint density at radius 2 is 2.13 bits per heavy atom. The summed E-state index contributed by atoms with van der Waals surface area (Å²) in [5.41, 5.74) is 9.93. The van der Waals surface area contributed by atoms with Crippen LogP contribution in [-0.2, 0) is 0 Å². The van der Waals surface area contributed by atoms with Gasteiger partial charge in [0.15, 0.2) is 0 Å². The predicted octanol–water partition coefficient (Wildman–Crippen LogP) is 3.11. The highest BCUT2D eigenvalue weighted by Gasteiger charge is 2.08. The molecule has 0 saturated carbocycles. The molecule has 0 bridgehead atoms. The predicted molar refractivity (Wildman–Crippen MR) is 65.5 cm³/mol. The lowest BCUT2D eigenvalue weighted by atomic mass is 9.96. The second-order valence-electron chi connectivity index (χ2n) is 4.06. The van der Waals surface area contributed by atoms with E-state index in [1.165, 1.54) is 16.7 Å². The Morgan fingerprint density at radius 3 is 2.80 bits per heavy atom. The molecule has 15 heavy (non-hydrogen) atoms. The number of hydrogen-bond acceptors (Lipinski definition) is 1. The van der Waals surface area contributed by atoms with Crippen LogP contribution in [0.25, 0.3) is 0 Å². The van der Waals surface area contributed by atoms with Crippen LogP contribution in [0.1, 0.15) is 42.0 Å². The van der Waals surface area contributed by atoms with Gasteiger partial charge < -0.3 is 5.73 Å². The summed E-state index contributed by atoms with van der Waals surface area (Å²) in [7, 11) is 0. The van der Waals surface area contributed by atoms with E-state index >= 15 is 0 Å². The van der Waals surface area contributed by atoms with Crippen molar-refractivity contribution in [2.45, 2.75) is 39.2 Å². The maximum absolute atomic E-state index is 6.14. The van der Waals surface area contributed by atoms with Crippen molar-refractivity contribution in [2.24, 2.45) is 5.73 Å². The summed E-state index contributed by atoms with van der Waals surface area (Å²) in [6.45, 7) is 4.20. The highest BCUT2D eigenvalue weighted by atomic mass is 14.6. The highest BCUT2D eigenvalue weighted by Crippen LogP contribution is 2.21. The van der Waals surface area contributed by atoms with E-state index in [2.05, 4.69) is 38.0 Å². The van der Waals surface area contributed by atoms with Gasteiger partial charge in [-0.1, -0.05) is 23.8 Å². The zero-order valence-electron chi connectivity index (χ0n) is 9.59. The molecule has 0 fully saturated rings. The molecule has 1 unspecified atom stereocenters. The first-order valence-electron chi connectivity index (χ1n) is 5.41. The molecule has 1 rings (SSSR count). The van der Waals surface area contributed by atoms with Crippen molar-refractivity contribution in [3.8, 4) is 12.3 Å². The molecule has 0 saturated heterocycles. The number of unbranched alkanes of at least 4 members (excludes halogenated alkanes) is 1. The van der Waals surface area contributed by atoms with Gasteiger partial charge in [0.1, 0.15) is 0 Å². The Bertz CT molecular complexity index is 360. The number of benzene rings is 1. The van der Waals surface area contributed by atoms with Crippen molar-refractivity contribution in [1.82, 2.24) is 0 Å². The first-order valence-corrected chi connectivity index (χ1v) is 5.41. The smallest absolute Gasteiger partial charge is 0.0297 e. The van der Waals surface area contributed by atoms with Gasteiger partial charge >= 0.3 is 0 Å². The van der Waals surface area contributed by atoms with Crippen LogP contribution in [0.5, 0.6) is 0 Å². The minimum absolute atomic E-state index is 0.123. The van der Waals surface area contributed by atoms with Gasteiger partial charge in [0.25, 0.3) is 0 Å². The van der Waals surface area contributed by atoms with Crippen molar-refractivity contribution in [3.63, 3.8) is 0 Å². The van der Waals surface area contributed by atoms with Crippen LogP contribution in [0.2, 0.25) is 0 Å². The summed E-state index contributed by atoms with van der Waals surface area (Å²) in [6.07, 6.45) is 8.01. The van der Waals surface area contributed by atoms with Crippen molar-refractivity contribution in [2.75, 3.05) is 0 Å². The maximum atomic E-state index is 6.14. The zero-order chi connectivity index (χ0) is 11.3. The monoisotopic (exact) mass is 201 g/mol. The third-order valence-electron chi connectivity index (χ3n) is 2.67. The standard InChI is InChI=1S/C14H19N/c1-4-5-6-7-14(15)13-10-11(2)8-9-12(13)3/h1,8-10,14H,5-7,15H2,2-3H3. The second kappa shape index (κ2) is 5.58. The number of hydrogen-bond donors (Lipinski definition) is 1. The molecule has 0 amide bonds. The number of terminal acetylenes is 1. The first-order chi connectivity index (χ1) is 7.15. The van der Waals surface area contributed by atoms with Gasteiger partial charge in [-0.25, -0.2) is 0 Å². The van der Waals surface area contributed by atoms with Crippen LogP contribution >= 0.6 is 0 Å². The molecule has 1 aromatic carbocycles. The Balaban J connectivity index is 2.69. The van der Waals surface area contributed by atoms with Crippen LogP contribution in [0.3, 0.4) is 0 Å². The summed E-state index contributed by atoms with van der Waals surface area (Å²) >= 11 is 0. The molecule has 2 N–H and O–H groups in total. The van der Waals surface area contributed by atoms with Crippen LogP contribution < -0.4 is 5.73 Å². The molecule has 0 aliphatic carbocycles. The summed E-state index contributed by atoms with van der Waals surface area (Å²) in [5.74, 6) is 2.64. The van der Waals surface area contributed by atoms with E-state index < -0.39 is 0 Å². The van der Waals surface area contributed by atoms with E-state index in [4.69, 9.17) is 12.2 Å². The molecular formula is C14H19N. The average Bonchev–Trinajstić information content (AvgIpc) is 2.22. The van der Waals surface area contributed by atoms with Gasteiger partial charge in [0.2, 0.25) is 0 Å². The Morgan fingerprint density at radius 1 is 1.40 bits per heavy atom. The molecule has 0 radical (unpaired) electrons. The summed E-state index contributed by atoms with van der Waals surface area (Å²) in [6, 6.07) is 6.55. The topological polar surface area (TPSA) is 26.0 Å². The lowest BCUT2D eigenvalue weighted by molar-refractivity contribution is 0.618. The fourth-order valence-electron chi connectivity index (χ4n) is 1.74. The normalized spacial score (nSPS) is 12.1. The lowest BCUT2D eigenvalue weighted by Gasteiger charge is -2.14. The molecular weight excluding hydrogens is 182 g/mol. The van der Waals surface area contributed by atoms with Crippen LogP contribution in [0.15, 0.2) is 18.2 Å². The fourth-order valence-corrected chi connectivity index (χ4v) is 1.74. The Labute approximate surface area is 92.7 Å². The van der Waals surface area contributed by atoms with Crippen molar-refractivity contribution in [3.05, 3.63) is 34.9 Å². The number of aryl methyl sites for hydroxylation is 2. The number of nitrogens with two attached hydrogens (primary N) is 1. The third-order valence-corrected chi connectivity index (χ3v) is 2.67. The molecule has 1 atom stereocenters.